The number of thiophene rings is 1. The Balaban J connectivity index is 1.65. The second-order valence-electron chi connectivity index (χ2n) is 9.54. The Morgan fingerprint density at radius 2 is 1.91 bits per heavy atom. The summed E-state index contributed by atoms with van der Waals surface area (Å²) in [5, 5.41) is 6.65. The molecule has 32 heavy (non-hydrogen) atoms. The van der Waals surface area contributed by atoms with Crippen LogP contribution in [0, 0.1) is 18.3 Å². The number of hydrogen-bond donors (Lipinski definition) is 2. The van der Waals surface area contributed by atoms with Gasteiger partial charge in [-0.2, -0.15) is 0 Å². The largest absolute Gasteiger partial charge is 0.467 e. The Morgan fingerprint density at radius 3 is 2.59 bits per heavy atom. The molecule has 0 fully saturated rings. The molecule has 1 aromatic carbocycles. The molecule has 0 radical (unpaired) electrons. The van der Waals surface area contributed by atoms with Gasteiger partial charge < -0.3 is 15.1 Å². The molecule has 3 aromatic rings. The summed E-state index contributed by atoms with van der Waals surface area (Å²) in [4.78, 5) is 27.5. The highest BCUT2D eigenvalue weighted by molar-refractivity contribution is 7.17. The molecular formula is C26H30N2O3S. The third-order valence-corrected chi connectivity index (χ3v) is 7.51. The second-order valence-corrected chi connectivity index (χ2v) is 10.6. The van der Waals surface area contributed by atoms with Gasteiger partial charge in [-0.05, 0) is 66.8 Å². The van der Waals surface area contributed by atoms with E-state index < -0.39 is 0 Å². The normalized spacial score (nSPS) is 15.8. The van der Waals surface area contributed by atoms with Crippen LogP contribution >= 0.6 is 11.3 Å². The number of nitrogens with one attached hydrogen (secondary N) is 2. The number of rotatable bonds is 5. The predicted molar refractivity (Wildman–Crippen MR) is 128 cm³/mol. The van der Waals surface area contributed by atoms with E-state index in [1.54, 1.807) is 23.7 Å². The van der Waals surface area contributed by atoms with Gasteiger partial charge in [0.15, 0.2) is 0 Å². The number of carbonyl (C=O) groups excluding carboxylic acids is 2. The Bertz CT molecular complexity index is 1120. The van der Waals surface area contributed by atoms with Gasteiger partial charge in [0.1, 0.15) is 10.8 Å². The summed E-state index contributed by atoms with van der Waals surface area (Å²) in [6.45, 7) is 9.04. The van der Waals surface area contributed by atoms with Gasteiger partial charge in [-0.25, -0.2) is 0 Å². The molecule has 0 aliphatic heterocycles. The molecule has 0 saturated heterocycles. The fourth-order valence-corrected chi connectivity index (χ4v) is 5.64. The lowest BCUT2D eigenvalue weighted by atomic mass is 9.72. The monoisotopic (exact) mass is 450 g/mol. The highest BCUT2D eigenvalue weighted by Gasteiger charge is 2.34. The molecule has 0 bridgehead atoms. The van der Waals surface area contributed by atoms with Crippen LogP contribution in [0.15, 0.2) is 47.1 Å². The maximum absolute atomic E-state index is 13.3. The summed E-state index contributed by atoms with van der Waals surface area (Å²) in [6.07, 6.45) is 4.41. The van der Waals surface area contributed by atoms with Crippen LogP contribution in [0.2, 0.25) is 0 Å². The number of fused-ring (bicyclic) bond motifs is 1. The van der Waals surface area contributed by atoms with E-state index in [0.717, 1.165) is 30.4 Å². The molecule has 1 aliphatic rings. The molecular weight excluding hydrogens is 420 g/mol. The van der Waals surface area contributed by atoms with E-state index in [1.807, 2.05) is 37.3 Å². The highest BCUT2D eigenvalue weighted by atomic mass is 32.1. The van der Waals surface area contributed by atoms with Crippen LogP contribution in [0.5, 0.6) is 0 Å². The smallest absolute Gasteiger partial charge is 0.256 e. The predicted octanol–water partition coefficient (Wildman–Crippen LogP) is 5.98. The van der Waals surface area contributed by atoms with Crippen molar-refractivity contribution in [2.75, 3.05) is 5.32 Å². The van der Waals surface area contributed by atoms with E-state index in [0.29, 0.717) is 34.4 Å². The zero-order valence-corrected chi connectivity index (χ0v) is 19.9. The summed E-state index contributed by atoms with van der Waals surface area (Å²) in [6, 6.07) is 11.1. The Morgan fingerprint density at radius 1 is 1.12 bits per heavy atom. The van der Waals surface area contributed by atoms with Crippen molar-refractivity contribution in [2.45, 2.75) is 53.5 Å². The van der Waals surface area contributed by atoms with Crippen molar-refractivity contribution < 1.29 is 14.0 Å². The minimum atomic E-state index is -0.186. The van der Waals surface area contributed by atoms with Crippen LogP contribution in [0.1, 0.15) is 69.7 Å². The van der Waals surface area contributed by atoms with Crippen molar-refractivity contribution in [2.24, 2.45) is 11.3 Å². The molecule has 1 unspecified atom stereocenters. The number of aryl methyl sites for hydroxylation is 1. The Kier molecular flexibility index (Phi) is 6.24. The van der Waals surface area contributed by atoms with Crippen LogP contribution in [0.3, 0.4) is 0 Å². The fraction of sp³-hybridized carbons (Fsp3) is 0.385. The molecule has 1 atom stereocenters. The Labute approximate surface area is 193 Å². The van der Waals surface area contributed by atoms with Gasteiger partial charge in [-0.1, -0.05) is 39.0 Å². The minimum absolute atomic E-state index is 0.173. The third kappa shape index (κ3) is 4.65. The van der Waals surface area contributed by atoms with Gasteiger partial charge in [0, 0.05) is 10.4 Å². The Hall–Kier alpha value is -2.86. The number of amides is 2. The quantitative estimate of drug-likeness (QED) is 0.502. The van der Waals surface area contributed by atoms with Crippen molar-refractivity contribution in [1.82, 2.24) is 5.32 Å². The first-order valence-electron chi connectivity index (χ1n) is 11.1. The molecule has 0 spiro atoms. The zero-order valence-electron chi connectivity index (χ0n) is 19.1. The van der Waals surface area contributed by atoms with E-state index >= 15 is 0 Å². The SMILES string of the molecule is Cc1ccccc1C(=O)Nc1sc2c(c1C(=O)NCc1ccco1)CCC(C(C)(C)C)C2. The first-order valence-corrected chi connectivity index (χ1v) is 11.9. The molecule has 6 heteroatoms. The maximum atomic E-state index is 13.3. The minimum Gasteiger partial charge on any atom is -0.467 e. The fourth-order valence-electron chi connectivity index (χ4n) is 4.32. The molecule has 0 saturated carbocycles. The molecule has 1 aliphatic carbocycles. The lowest BCUT2D eigenvalue weighted by molar-refractivity contribution is 0.0947. The number of anilines is 1. The number of benzene rings is 1. The van der Waals surface area contributed by atoms with Crippen LogP contribution in [-0.2, 0) is 19.4 Å². The molecule has 5 nitrogen and oxygen atoms in total. The van der Waals surface area contributed by atoms with Gasteiger partial charge in [0.05, 0.1) is 18.4 Å². The van der Waals surface area contributed by atoms with Gasteiger partial charge >= 0.3 is 0 Å². The first-order chi connectivity index (χ1) is 15.2. The molecule has 2 N–H and O–H groups in total. The average molecular weight is 451 g/mol. The highest BCUT2D eigenvalue weighted by Crippen LogP contribution is 2.44. The van der Waals surface area contributed by atoms with Crippen LogP contribution in [0.25, 0.3) is 0 Å². The van der Waals surface area contributed by atoms with Crippen molar-refractivity contribution in [3.05, 3.63) is 75.6 Å². The van der Waals surface area contributed by atoms with Crippen molar-refractivity contribution >= 4 is 28.2 Å². The summed E-state index contributed by atoms with van der Waals surface area (Å²) in [5.41, 5.74) is 3.41. The van der Waals surface area contributed by atoms with Crippen LogP contribution < -0.4 is 10.6 Å². The molecule has 2 aromatic heterocycles. The molecule has 4 rings (SSSR count). The van der Waals surface area contributed by atoms with Gasteiger partial charge in [0.2, 0.25) is 0 Å². The van der Waals surface area contributed by atoms with Gasteiger partial charge in [-0.3, -0.25) is 9.59 Å². The molecule has 168 valence electrons. The summed E-state index contributed by atoms with van der Waals surface area (Å²) < 4.78 is 5.35. The van der Waals surface area contributed by atoms with Crippen LogP contribution in [-0.4, -0.2) is 11.8 Å². The van der Waals surface area contributed by atoms with Crippen molar-refractivity contribution in [3.63, 3.8) is 0 Å². The second kappa shape index (κ2) is 8.94. The van der Waals surface area contributed by atoms with Crippen LogP contribution in [0.4, 0.5) is 5.00 Å². The summed E-state index contributed by atoms with van der Waals surface area (Å²) in [7, 11) is 0. The summed E-state index contributed by atoms with van der Waals surface area (Å²) >= 11 is 1.55. The maximum Gasteiger partial charge on any atom is 0.256 e. The van der Waals surface area contributed by atoms with E-state index in [1.165, 1.54) is 4.88 Å². The lowest BCUT2D eigenvalue weighted by Crippen LogP contribution is -2.28. The van der Waals surface area contributed by atoms with E-state index in [2.05, 4.69) is 31.4 Å². The van der Waals surface area contributed by atoms with E-state index in [9.17, 15) is 9.59 Å². The average Bonchev–Trinajstić information content (AvgIpc) is 3.38. The number of hydrogen-bond acceptors (Lipinski definition) is 4. The lowest BCUT2D eigenvalue weighted by Gasteiger charge is -2.33. The van der Waals surface area contributed by atoms with Gasteiger partial charge in [0.25, 0.3) is 11.8 Å². The third-order valence-electron chi connectivity index (χ3n) is 6.34. The van der Waals surface area contributed by atoms with Gasteiger partial charge in [-0.15, -0.1) is 11.3 Å². The first kappa shape index (κ1) is 22.3. The standard InChI is InChI=1S/C26H30N2O3S/c1-16-8-5-6-10-19(16)23(29)28-25-22(24(30)27-15-18-9-7-13-31-18)20-12-11-17(26(2,3)4)14-21(20)32-25/h5-10,13,17H,11-12,14-15H2,1-4H3,(H,27,30)(H,28,29). The van der Waals surface area contributed by atoms with Crippen molar-refractivity contribution in [3.8, 4) is 0 Å². The zero-order chi connectivity index (χ0) is 22.9. The number of furan rings is 1. The van der Waals surface area contributed by atoms with E-state index in [4.69, 9.17) is 4.42 Å². The van der Waals surface area contributed by atoms with E-state index in [-0.39, 0.29) is 17.2 Å². The number of carbonyl (C=O) groups is 2. The topological polar surface area (TPSA) is 71.3 Å². The molecule has 2 heterocycles. The molecule has 2 amide bonds. The summed E-state index contributed by atoms with van der Waals surface area (Å²) in [5.74, 6) is 0.885. The van der Waals surface area contributed by atoms with Crippen molar-refractivity contribution in [1.29, 1.82) is 0 Å².